The molecule has 0 radical (unpaired) electrons. The van der Waals surface area contributed by atoms with E-state index in [4.69, 9.17) is 24.2 Å². The lowest BCUT2D eigenvalue weighted by Gasteiger charge is -2.19. The Morgan fingerprint density at radius 2 is 1.64 bits per heavy atom. The number of aryl methyl sites for hydroxylation is 2. The molecule has 1 unspecified atom stereocenters. The number of carbonyl (C=O) groups excluding carboxylic acids is 4. The molecule has 326 valence electrons. The number of hydrogen-bond acceptors (Lipinski definition) is 11. The molecule has 3 N–H and O–H groups in total. The van der Waals surface area contributed by atoms with Crippen molar-refractivity contribution in [1.82, 2.24) is 19.9 Å². The molecule has 1 aliphatic carbocycles. The summed E-state index contributed by atoms with van der Waals surface area (Å²) in [4.78, 5) is 81.5. The number of nitrogens with zero attached hydrogens (tertiary/aromatic N) is 3. The molecule has 1 amide bonds. The second-order valence-electron chi connectivity index (χ2n) is 16.1. The number of Topliss-reactive ketones (excluding diaryl/α,β-unsaturated/α-hetero) is 1. The summed E-state index contributed by atoms with van der Waals surface area (Å²) in [5.41, 5.74) is 12.4. The Kier molecular flexibility index (Phi) is 11.6. The minimum atomic E-state index is -1.25. The minimum absolute atomic E-state index is 0.0889. The van der Waals surface area contributed by atoms with Gasteiger partial charge in [-0.05, 0) is 104 Å². The Bertz CT molecular complexity index is 3000. The van der Waals surface area contributed by atoms with Crippen molar-refractivity contribution in [2.75, 3.05) is 12.4 Å². The number of aromatic amines is 2. The third kappa shape index (κ3) is 7.84. The van der Waals surface area contributed by atoms with Gasteiger partial charge in [-0.25, -0.2) is 9.78 Å². The number of ether oxygens (including phenoxy) is 3. The van der Waals surface area contributed by atoms with Gasteiger partial charge in [0, 0.05) is 75.0 Å². The first-order chi connectivity index (χ1) is 30.7. The largest absolute Gasteiger partial charge is 0.514 e. The summed E-state index contributed by atoms with van der Waals surface area (Å²) in [6, 6.07) is 17.8. The molecule has 64 heavy (non-hydrogen) atoms. The lowest BCUT2D eigenvalue weighted by atomic mass is 9.84. The summed E-state index contributed by atoms with van der Waals surface area (Å²) in [6.45, 7) is 14.1. The first-order valence-electron chi connectivity index (χ1n) is 20.9. The van der Waals surface area contributed by atoms with Crippen LogP contribution in [0.5, 0.6) is 5.75 Å². The van der Waals surface area contributed by atoms with Crippen molar-refractivity contribution in [1.29, 1.82) is 0 Å². The molecule has 3 atom stereocenters. The highest BCUT2D eigenvalue weighted by Gasteiger charge is 2.45. The number of carbonyl (C=O) groups is 4. The Hall–Kier alpha value is -7.68. The van der Waals surface area contributed by atoms with E-state index >= 15 is 0 Å². The molecule has 2 aromatic carbocycles. The summed E-state index contributed by atoms with van der Waals surface area (Å²) in [7, 11) is 1.27. The highest BCUT2D eigenvalue weighted by atomic mass is 16.7. The fourth-order valence-corrected chi connectivity index (χ4v) is 8.91. The van der Waals surface area contributed by atoms with E-state index in [-0.39, 0.29) is 48.0 Å². The fourth-order valence-electron chi connectivity index (χ4n) is 8.91. The molecule has 5 aromatic rings. The number of nitro groups is 1. The Labute approximate surface area is 367 Å². The van der Waals surface area contributed by atoms with E-state index in [1.807, 2.05) is 45.0 Å². The van der Waals surface area contributed by atoms with Crippen LogP contribution in [0.1, 0.15) is 119 Å². The standard InChI is InChI=1S/C49H46N6O9/c1-8-32-24(3)35-20-37-26(5)34(18-19-41(56)50-29-12-10-28(11-13-29)23-63-49(59)64-31-16-14-30(15-17-31)55(60)61)45(53-37)43-44(48(58)62-7)47(57)42-27(6)38(54-46(42)43)22-40-33(9-2)25(4)36(52-40)21-39(32)51-35/h8,10-17,20-22,26,34,44,51,54H,1,9,18-19,23H2,2-7H3,(H,50,56)/t26-,34-,44?/m0/s1. The molecule has 15 heteroatoms. The molecule has 0 fully saturated rings. The molecule has 15 nitrogen and oxygen atoms in total. The van der Waals surface area contributed by atoms with E-state index < -0.39 is 23.0 Å². The van der Waals surface area contributed by atoms with Crippen LogP contribution < -0.4 is 10.1 Å². The molecular formula is C49H46N6O9. The van der Waals surface area contributed by atoms with E-state index in [0.717, 1.165) is 56.8 Å². The lowest BCUT2D eigenvalue weighted by Crippen LogP contribution is -2.21. The van der Waals surface area contributed by atoms with Crippen LogP contribution in [-0.2, 0) is 25.7 Å². The lowest BCUT2D eigenvalue weighted by molar-refractivity contribution is -0.384. The predicted octanol–water partition coefficient (Wildman–Crippen LogP) is 10.3. The molecule has 8 rings (SSSR count). The average molecular weight is 863 g/mol. The van der Waals surface area contributed by atoms with Crippen molar-refractivity contribution in [3.05, 3.63) is 140 Å². The van der Waals surface area contributed by atoms with Crippen LogP contribution in [0.3, 0.4) is 0 Å². The zero-order valence-electron chi connectivity index (χ0n) is 36.2. The molecule has 3 aliphatic rings. The van der Waals surface area contributed by atoms with Gasteiger partial charge in [-0.3, -0.25) is 29.5 Å². The fraction of sp³-hybridized carbons (Fsp3) is 0.265. The first kappa shape index (κ1) is 43.0. The zero-order valence-corrected chi connectivity index (χ0v) is 36.2. The van der Waals surface area contributed by atoms with Gasteiger partial charge in [0.1, 0.15) is 18.3 Å². The molecule has 8 bridgehead atoms. The number of amides is 1. The number of H-pyrrole nitrogens is 2. The summed E-state index contributed by atoms with van der Waals surface area (Å²) in [6.07, 6.45) is 2.01. The van der Waals surface area contributed by atoms with Crippen LogP contribution in [0.2, 0.25) is 0 Å². The quantitative estimate of drug-likeness (QED) is 0.0374. The molecule has 0 saturated heterocycles. The van der Waals surface area contributed by atoms with Gasteiger partial charge in [0.2, 0.25) is 5.91 Å². The van der Waals surface area contributed by atoms with E-state index in [9.17, 15) is 29.3 Å². The van der Waals surface area contributed by atoms with Crippen LogP contribution in [0.25, 0.3) is 39.3 Å². The van der Waals surface area contributed by atoms with E-state index in [1.54, 1.807) is 24.3 Å². The van der Waals surface area contributed by atoms with Crippen molar-refractivity contribution in [3.8, 4) is 5.75 Å². The van der Waals surface area contributed by atoms with Crippen LogP contribution >= 0.6 is 0 Å². The molecule has 0 saturated carbocycles. The van der Waals surface area contributed by atoms with Gasteiger partial charge >= 0.3 is 12.1 Å². The topological polar surface area (TPSA) is 208 Å². The number of allylic oxidation sites excluding steroid dienone is 2. The third-order valence-electron chi connectivity index (χ3n) is 12.4. The Morgan fingerprint density at radius 1 is 0.938 bits per heavy atom. The van der Waals surface area contributed by atoms with Gasteiger partial charge in [-0.1, -0.05) is 38.6 Å². The van der Waals surface area contributed by atoms with E-state index in [0.29, 0.717) is 51.1 Å². The summed E-state index contributed by atoms with van der Waals surface area (Å²) >= 11 is 0. The van der Waals surface area contributed by atoms with Crippen molar-refractivity contribution in [2.24, 2.45) is 0 Å². The number of rotatable bonds is 11. The number of ketones is 1. The van der Waals surface area contributed by atoms with Gasteiger partial charge in [0.05, 0.1) is 34.6 Å². The van der Waals surface area contributed by atoms with Crippen molar-refractivity contribution < 1.29 is 38.3 Å². The monoisotopic (exact) mass is 862 g/mol. The number of anilines is 1. The Morgan fingerprint density at radius 3 is 2.31 bits per heavy atom. The molecule has 5 heterocycles. The number of nitrogens with one attached hydrogen (secondary N) is 3. The van der Waals surface area contributed by atoms with Crippen molar-refractivity contribution in [2.45, 2.75) is 78.2 Å². The highest BCUT2D eigenvalue weighted by Crippen LogP contribution is 2.48. The second-order valence-corrected chi connectivity index (χ2v) is 16.1. The van der Waals surface area contributed by atoms with Gasteiger partial charge < -0.3 is 29.5 Å². The van der Waals surface area contributed by atoms with Crippen molar-refractivity contribution >= 4 is 74.5 Å². The Balaban J connectivity index is 1.11. The maximum atomic E-state index is 14.4. The summed E-state index contributed by atoms with van der Waals surface area (Å²) < 4.78 is 15.5. The van der Waals surface area contributed by atoms with Crippen LogP contribution in [0, 0.1) is 24.0 Å². The molecule has 0 spiro atoms. The molecule has 2 aliphatic heterocycles. The summed E-state index contributed by atoms with van der Waals surface area (Å²) in [5.74, 6) is -3.07. The van der Waals surface area contributed by atoms with Gasteiger partial charge in [-0.15, -0.1) is 0 Å². The van der Waals surface area contributed by atoms with Crippen LogP contribution in [0.15, 0.2) is 73.3 Å². The maximum Gasteiger partial charge on any atom is 0.514 e. The normalized spacial score (nSPS) is 16.4. The minimum Gasteiger partial charge on any atom is -0.468 e. The maximum absolute atomic E-state index is 14.4. The number of esters is 1. The number of benzene rings is 2. The average Bonchev–Trinajstić information content (AvgIpc) is 4.02. The smallest absolute Gasteiger partial charge is 0.468 e. The summed E-state index contributed by atoms with van der Waals surface area (Å²) in [5, 5.41) is 13.8. The van der Waals surface area contributed by atoms with Gasteiger partial charge in [0.25, 0.3) is 5.69 Å². The number of nitro benzene ring substituents is 1. The van der Waals surface area contributed by atoms with Gasteiger partial charge in [-0.2, -0.15) is 0 Å². The predicted molar refractivity (Wildman–Crippen MR) is 242 cm³/mol. The number of non-ortho nitro benzene ring substituents is 1. The second kappa shape index (κ2) is 17.2. The first-order valence-corrected chi connectivity index (χ1v) is 20.9. The number of hydrogen-bond donors (Lipinski definition) is 3. The zero-order chi connectivity index (χ0) is 45.6. The van der Waals surface area contributed by atoms with Crippen LogP contribution in [0.4, 0.5) is 16.2 Å². The van der Waals surface area contributed by atoms with E-state index in [1.165, 1.54) is 31.4 Å². The van der Waals surface area contributed by atoms with Crippen molar-refractivity contribution in [3.63, 3.8) is 0 Å². The third-order valence-corrected chi connectivity index (χ3v) is 12.4. The number of methoxy groups -OCH3 is 1. The highest BCUT2D eigenvalue weighted by molar-refractivity contribution is 6.23. The molecular weight excluding hydrogens is 817 g/mol. The number of fused-ring (bicyclic) bond motifs is 8. The molecule has 3 aromatic heterocycles. The SMILES string of the molecule is C=Cc1c(C)c2cc3nc(c4c5[nH]c(cc6nc(cc1[nH]2)C(C)=C6CC)c(C)c5C(=O)C4C(=O)OC)[C@@H](CCC(=O)Nc1ccc(COC(=O)Oc2ccc([N+](=O)[O-])cc2)cc1)[C@@H]3C. The number of aromatic nitrogens is 4. The van der Waals surface area contributed by atoms with E-state index in [2.05, 4.69) is 35.7 Å². The van der Waals surface area contributed by atoms with Gasteiger partial charge in [0.15, 0.2) is 5.78 Å². The van der Waals surface area contributed by atoms with Crippen LogP contribution in [-0.4, -0.2) is 55.8 Å².